The van der Waals surface area contributed by atoms with Crippen molar-refractivity contribution in [2.75, 3.05) is 13.1 Å². The molecule has 3 N–H and O–H groups in total. The number of carboxylic acids is 1. The minimum Gasteiger partial charge on any atom is -0.481 e. The fourth-order valence-corrected chi connectivity index (χ4v) is 2.98. The molecule has 1 fully saturated rings. The van der Waals surface area contributed by atoms with Crippen molar-refractivity contribution in [1.82, 2.24) is 4.90 Å². The molecule has 1 heterocycles. The zero-order valence-electron chi connectivity index (χ0n) is 12.6. The summed E-state index contributed by atoms with van der Waals surface area (Å²) in [4.78, 5) is 24.8. The van der Waals surface area contributed by atoms with Gasteiger partial charge in [-0.3, -0.25) is 14.5 Å². The number of carboxylic acid groups (broad SMARTS) is 1. The van der Waals surface area contributed by atoms with E-state index in [1.165, 1.54) is 0 Å². The standard InChI is InChI=1S/C16H22N2O3/c1-3-16(15(20)21)6-7-18(10-16)9-13-5-4-12(14(17)19)8-11(13)2/h4-5,8H,3,6-7,9-10H2,1-2H3,(H2,17,19)(H,20,21). The maximum absolute atomic E-state index is 11.5. The average molecular weight is 290 g/mol. The lowest BCUT2D eigenvalue weighted by atomic mass is 9.84. The molecule has 114 valence electrons. The van der Waals surface area contributed by atoms with Crippen molar-refractivity contribution in [3.8, 4) is 0 Å². The molecule has 1 atom stereocenters. The molecule has 21 heavy (non-hydrogen) atoms. The number of nitrogens with two attached hydrogens (primary N) is 1. The number of likely N-dealkylation sites (tertiary alicyclic amines) is 1. The summed E-state index contributed by atoms with van der Waals surface area (Å²) in [6.45, 7) is 5.96. The first kappa shape index (κ1) is 15.5. The van der Waals surface area contributed by atoms with Gasteiger partial charge in [0.2, 0.25) is 5.91 Å². The minimum absolute atomic E-state index is 0.429. The van der Waals surface area contributed by atoms with Gasteiger partial charge in [-0.2, -0.15) is 0 Å². The van der Waals surface area contributed by atoms with Crippen LogP contribution in [0.1, 0.15) is 41.3 Å². The van der Waals surface area contributed by atoms with E-state index < -0.39 is 17.3 Å². The smallest absolute Gasteiger partial charge is 0.310 e. The molecule has 0 radical (unpaired) electrons. The molecule has 0 spiro atoms. The highest BCUT2D eigenvalue weighted by Gasteiger charge is 2.43. The number of amides is 1. The molecular formula is C16H22N2O3. The van der Waals surface area contributed by atoms with Gasteiger partial charge in [0.25, 0.3) is 0 Å². The fourth-order valence-electron chi connectivity index (χ4n) is 2.98. The van der Waals surface area contributed by atoms with E-state index in [4.69, 9.17) is 5.73 Å². The highest BCUT2D eigenvalue weighted by molar-refractivity contribution is 5.93. The third-order valence-corrected chi connectivity index (χ3v) is 4.58. The van der Waals surface area contributed by atoms with Crippen LogP contribution in [0.2, 0.25) is 0 Å². The van der Waals surface area contributed by atoms with Crippen LogP contribution in [-0.4, -0.2) is 35.0 Å². The Labute approximate surface area is 124 Å². The van der Waals surface area contributed by atoms with Crippen molar-refractivity contribution in [3.05, 3.63) is 34.9 Å². The lowest BCUT2D eigenvalue weighted by Crippen LogP contribution is -2.34. The Morgan fingerprint density at radius 2 is 2.14 bits per heavy atom. The summed E-state index contributed by atoms with van der Waals surface area (Å²) in [5.74, 6) is -1.13. The minimum atomic E-state index is -0.701. The highest BCUT2D eigenvalue weighted by atomic mass is 16.4. The van der Waals surface area contributed by atoms with Crippen molar-refractivity contribution < 1.29 is 14.7 Å². The zero-order valence-corrected chi connectivity index (χ0v) is 12.6. The third kappa shape index (κ3) is 3.08. The number of benzene rings is 1. The summed E-state index contributed by atoms with van der Waals surface area (Å²) < 4.78 is 0. The molecule has 5 nitrogen and oxygen atoms in total. The van der Waals surface area contributed by atoms with E-state index in [0.717, 1.165) is 17.7 Å². The van der Waals surface area contributed by atoms with Gasteiger partial charge >= 0.3 is 5.97 Å². The summed E-state index contributed by atoms with van der Waals surface area (Å²) in [7, 11) is 0. The van der Waals surface area contributed by atoms with E-state index >= 15 is 0 Å². The molecule has 0 aromatic heterocycles. The highest BCUT2D eigenvalue weighted by Crippen LogP contribution is 2.35. The quantitative estimate of drug-likeness (QED) is 0.866. The van der Waals surface area contributed by atoms with Crippen molar-refractivity contribution >= 4 is 11.9 Å². The normalized spacial score (nSPS) is 22.4. The SMILES string of the molecule is CCC1(C(=O)O)CCN(Cc2ccc(C(N)=O)cc2C)C1. The average Bonchev–Trinajstić information content (AvgIpc) is 2.85. The maximum Gasteiger partial charge on any atom is 0.310 e. The number of aliphatic carboxylic acids is 1. The van der Waals surface area contributed by atoms with Gasteiger partial charge in [0.1, 0.15) is 0 Å². The largest absolute Gasteiger partial charge is 0.481 e. The monoisotopic (exact) mass is 290 g/mol. The van der Waals surface area contributed by atoms with Crippen molar-refractivity contribution in [2.45, 2.75) is 33.2 Å². The van der Waals surface area contributed by atoms with Crippen LogP contribution in [0.15, 0.2) is 18.2 Å². The lowest BCUT2D eigenvalue weighted by molar-refractivity contribution is -0.148. The molecule has 1 aliphatic rings. The molecule has 1 aromatic rings. The van der Waals surface area contributed by atoms with E-state index in [1.54, 1.807) is 12.1 Å². The van der Waals surface area contributed by atoms with Crippen LogP contribution in [-0.2, 0) is 11.3 Å². The van der Waals surface area contributed by atoms with Crippen LogP contribution < -0.4 is 5.73 Å². The molecule has 1 amide bonds. The van der Waals surface area contributed by atoms with Gasteiger partial charge in [-0.05, 0) is 49.6 Å². The van der Waals surface area contributed by atoms with Crippen LogP contribution in [0.3, 0.4) is 0 Å². The van der Waals surface area contributed by atoms with Crippen LogP contribution in [0, 0.1) is 12.3 Å². The summed E-state index contributed by atoms with van der Waals surface area (Å²) in [6.07, 6.45) is 1.34. The second-order valence-corrected chi connectivity index (χ2v) is 5.91. The Bertz CT molecular complexity index is 571. The maximum atomic E-state index is 11.5. The molecule has 0 bridgehead atoms. The number of primary amides is 1. The van der Waals surface area contributed by atoms with Gasteiger partial charge in [-0.15, -0.1) is 0 Å². The molecule has 1 aliphatic heterocycles. The molecule has 5 heteroatoms. The number of nitrogens with zero attached hydrogens (tertiary/aromatic N) is 1. The van der Waals surface area contributed by atoms with Gasteiger partial charge in [0.15, 0.2) is 0 Å². The van der Waals surface area contributed by atoms with Crippen LogP contribution in [0.5, 0.6) is 0 Å². The van der Waals surface area contributed by atoms with Gasteiger partial charge in [0, 0.05) is 18.7 Å². The Balaban J connectivity index is 2.10. The second-order valence-electron chi connectivity index (χ2n) is 5.91. The molecule has 1 unspecified atom stereocenters. The molecular weight excluding hydrogens is 268 g/mol. The Hall–Kier alpha value is -1.88. The van der Waals surface area contributed by atoms with Crippen molar-refractivity contribution in [2.24, 2.45) is 11.1 Å². The van der Waals surface area contributed by atoms with Crippen LogP contribution >= 0.6 is 0 Å². The second kappa shape index (κ2) is 5.85. The summed E-state index contributed by atoms with van der Waals surface area (Å²) in [6, 6.07) is 5.42. The third-order valence-electron chi connectivity index (χ3n) is 4.58. The van der Waals surface area contributed by atoms with E-state index in [-0.39, 0.29) is 0 Å². The number of carbonyl (C=O) groups is 2. The lowest BCUT2D eigenvalue weighted by Gasteiger charge is -2.23. The first-order valence-corrected chi connectivity index (χ1v) is 7.23. The van der Waals surface area contributed by atoms with Crippen LogP contribution in [0.4, 0.5) is 0 Å². The summed E-state index contributed by atoms with van der Waals surface area (Å²) >= 11 is 0. The van der Waals surface area contributed by atoms with E-state index in [9.17, 15) is 14.7 Å². The Kier molecular flexibility index (Phi) is 4.32. The summed E-state index contributed by atoms with van der Waals surface area (Å²) in [5.41, 5.74) is 7.28. The molecule has 2 rings (SSSR count). The number of aryl methyl sites for hydroxylation is 1. The first-order chi connectivity index (χ1) is 9.88. The topological polar surface area (TPSA) is 83.6 Å². The van der Waals surface area contributed by atoms with E-state index in [1.807, 2.05) is 19.9 Å². The number of hydrogen-bond donors (Lipinski definition) is 2. The molecule has 1 saturated heterocycles. The Morgan fingerprint density at radius 1 is 1.43 bits per heavy atom. The zero-order chi connectivity index (χ0) is 15.6. The van der Waals surface area contributed by atoms with Gasteiger partial charge < -0.3 is 10.8 Å². The van der Waals surface area contributed by atoms with E-state index in [0.29, 0.717) is 31.5 Å². The number of carbonyl (C=O) groups excluding carboxylic acids is 1. The van der Waals surface area contributed by atoms with Gasteiger partial charge in [0.05, 0.1) is 5.41 Å². The predicted molar refractivity (Wildman–Crippen MR) is 80.0 cm³/mol. The van der Waals surface area contributed by atoms with Crippen molar-refractivity contribution in [1.29, 1.82) is 0 Å². The number of rotatable bonds is 5. The molecule has 1 aromatic carbocycles. The van der Waals surface area contributed by atoms with Crippen LogP contribution in [0.25, 0.3) is 0 Å². The molecule has 0 saturated carbocycles. The fraction of sp³-hybridized carbons (Fsp3) is 0.500. The Morgan fingerprint density at radius 3 is 2.62 bits per heavy atom. The van der Waals surface area contributed by atoms with Crippen molar-refractivity contribution in [3.63, 3.8) is 0 Å². The number of hydrogen-bond acceptors (Lipinski definition) is 3. The predicted octanol–water partition coefficient (Wildman–Crippen LogP) is 1.78. The van der Waals surface area contributed by atoms with E-state index in [2.05, 4.69) is 4.90 Å². The van der Waals surface area contributed by atoms with Gasteiger partial charge in [-0.1, -0.05) is 13.0 Å². The molecule has 0 aliphatic carbocycles. The summed E-state index contributed by atoms with van der Waals surface area (Å²) in [5, 5.41) is 9.42. The van der Waals surface area contributed by atoms with Gasteiger partial charge in [-0.25, -0.2) is 0 Å². The first-order valence-electron chi connectivity index (χ1n) is 7.23.